The summed E-state index contributed by atoms with van der Waals surface area (Å²) in [5.74, 6) is 1.43. The zero-order chi connectivity index (χ0) is 21.5. The molecule has 0 unspecified atom stereocenters. The molecule has 0 spiro atoms. The third-order valence-electron chi connectivity index (χ3n) is 5.50. The van der Waals surface area contributed by atoms with Crippen LogP contribution in [-0.4, -0.2) is 17.4 Å². The van der Waals surface area contributed by atoms with Crippen LogP contribution in [0.1, 0.15) is 32.6 Å². The number of carbonyl (C=O) groups is 1. The summed E-state index contributed by atoms with van der Waals surface area (Å²) in [6, 6.07) is 17.3. The van der Waals surface area contributed by atoms with Gasteiger partial charge in [-0.25, -0.2) is 0 Å². The number of rotatable bonds is 3. The van der Waals surface area contributed by atoms with E-state index >= 15 is 0 Å². The van der Waals surface area contributed by atoms with Gasteiger partial charge in [0.15, 0.2) is 5.76 Å². The zero-order valence-electron chi connectivity index (χ0n) is 16.8. The van der Waals surface area contributed by atoms with Crippen molar-refractivity contribution in [3.05, 3.63) is 98.2 Å². The largest absolute Gasteiger partial charge is 0.477 e. The molecule has 0 N–H and O–H groups in total. The molecule has 3 aromatic carbocycles. The van der Waals surface area contributed by atoms with Crippen molar-refractivity contribution in [2.75, 3.05) is 6.73 Å². The van der Waals surface area contributed by atoms with Gasteiger partial charge in [-0.15, -0.1) is 0 Å². The van der Waals surface area contributed by atoms with E-state index in [1.165, 1.54) is 5.56 Å². The van der Waals surface area contributed by atoms with Crippen molar-refractivity contribution in [3.63, 3.8) is 0 Å². The normalized spacial score (nSPS) is 16.6. The van der Waals surface area contributed by atoms with Gasteiger partial charge in [0.05, 0.1) is 5.56 Å². The van der Waals surface area contributed by atoms with Crippen LogP contribution in [0.2, 0.25) is 10.0 Å². The number of nitrogens with zero attached hydrogens (tertiary/aromatic N) is 1. The van der Waals surface area contributed by atoms with Gasteiger partial charge in [0.2, 0.25) is 5.78 Å². The van der Waals surface area contributed by atoms with Crippen LogP contribution >= 0.6 is 23.2 Å². The summed E-state index contributed by atoms with van der Waals surface area (Å²) in [6.07, 6.45) is 1.65. The average molecular weight is 452 g/mol. The van der Waals surface area contributed by atoms with E-state index in [9.17, 15) is 4.79 Å². The van der Waals surface area contributed by atoms with Gasteiger partial charge in [0, 0.05) is 34.3 Å². The lowest BCUT2D eigenvalue weighted by atomic mass is 10.00. The minimum Gasteiger partial charge on any atom is -0.477 e. The maximum absolute atomic E-state index is 13.1. The number of hydrogen-bond donors (Lipinski definition) is 0. The highest BCUT2D eigenvalue weighted by atomic mass is 35.5. The maximum atomic E-state index is 13.1. The first-order valence-electron chi connectivity index (χ1n) is 9.94. The van der Waals surface area contributed by atoms with Gasteiger partial charge in [-0.3, -0.25) is 9.69 Å². The number of Topliss-reactive ketones (excluding diaryl/α,β-unsaturated/α-hetero) is 1. The Morgan fingerprint density at radius 1 is 1.06 bits per heavy atom. The second kappa shape index (κ2) is 8.04. The summed E-state index contributed by atoms with van der Waals surface area (Å²) in [6.45, 7) is 3.89. The Bertz CT molecular complexity index is 1220. The number of benzene rings is 3. The number of carbonyl (C=O) groups excluding carboxylic acids is 1. The predicted octanol–water partition coefficient (Wildman–Crippen LogP) is 6.27. The van der Waals surface area contributed by atoms with Gasteiger partial charge >= 0.3 is 0 Å². The first-order chi connectivity index (χ1) is 15.0. The third kappa shape index (κ3) is 3.83. The molecule has 2 aliphatic heterocycles. The molecule has 2 heterocycles. The van der Waals surface area contributed by atoms with Crippen LogP contribution in [0.3, 0.4) is 0 Å². The van der Waals surface area contributed by atoms with Crippen LogP contribution in [0, 0.1) is 6.92 Å². The highest BCUT2D eigenvalue weighted by Crippen LogP contribution is 2.43. The van der Waals surface area contributed by atoms with Gasteiger partial charge < -0.3 is 9.47 Å². The van der Waals surface area contributed by atoms with Crippen LogP contribution in [0.5, 0.6) is 11.5 Å². The van der Waals surface area contributed by atoms with E-state index in [2.05, 4.69) is 17.0 Å². The Hall–Kier alpha value is -2.79. The van der Waals surface area contributed by atoms with Crippen LogP contribution in [0.25, 0.3) is 6.08 Å². The number of fused-ring (bicyclic) bond motifs is 2. The Labute approximate surface area is 190 Å². The molecule has 0 radical (unpaired) electrons. The Morgan fingerprint density at radius 2 is 1.87 bits per heavy atom. The van der Waals surface area contributed by atoms with Crippen LogP contribution in [0.15, 0.2) is 60.4 Å². The van der Waals surface area contributed by atoms with Crippen molar-refractivity contribution in [2.45, 2.75) is 20.0 Å². The summed E-state index contributed by atoms with van der Waals surface area (Å²) in [7, 11) is 0. The lowest BCUT2D eigenvalue weighted by Gasteiger charge is -2.30. The maximum Gasteiger partial charge on any atom is 0.231 e. The number of hydrogen-bond acceptors (Lipinski definition) is 4. The molecular formula is C25H19Cl2NO3. The monoisotopic (exact) mass is 451 g/mol. The van der Waals surface area contributed by atoms with E-state index in [4.69, 9.17) is 32.7 Å². The minimum atomic E-state index is -0.160. The molecule has 3 aromatic rings. The van der Waals surface area contributed by atoms with Gasteiger partial charge in [-0.05, 0) is 42.3 Å². The van der Waals surface area contributed by atoms with Gasteiger partial charge in [0.25, 0.3) is 0 Å². The van der Waals surface area contributed by atoms with Crippen molar-refractivity contribution < 1.29 is 14.3 Å². The average Bonchev–Trinajstić information content (AvgIpc) is 3.07. The second-order valence-electron chi connectivity index (χ2n) is 7.72. The van der Waals surface area contributed by atoms with E-state index in [0.29, 0.717) is 40.2 Å². The van der Waals surface area contributed by atoms with E-state index in [-0.39, 0.29) is 11.5 Å². The first-order valence-corrected chi connectivity index (χ1v) is 10.7. The Morgan fingerprint density at radius 3 is 2.65 bits per heavy atom. The fourth-order valence-electron chi connectivity index (χ4n) is 4.00. The fraction of sp³-hybridized carbons (Fsp3) is 0.160. The second-order valence-corrected chi connectivity index (χ2v) is 8.56. The van der Waals surface area contributed by atoms with Crippen molar-refractivity contribution in [3.8, 4) is 11.5 Å². The summed E-state index contributed by atoms with van der Waals surface area (Å²) >= 11 is 12.2. The molecule has 0 saturated heterocycles. The summed E-state index contributed by atoms with van der Waals surface area (Å²) in [5, 5.41) is 0.998. The van der Waals surface area contributed by atoms with Gasteiger partial charge in [-0.1, -0.05) is 59.6 Å². The number of ether oxygens (including phenoxy) is 2. The van der Waals surface area contributed by atoms with Gasteiger partial charge in [-0.2, -0.15) is 0 Å². The molecule has 6 heteroatoms. The number of allylic oxidation sites excluding steroid dienone is 1. The fourth-order valence-corrected chi connectivity index (χ4v) is 4.46. The first kappa shape index (κ1) is 20.1. The van der Waals surface area contributed by atoms with E-state index < -0.39 is 0 Å². The van der Waals surface area contributed by atoms with Crippen molar-refractivity contribution in [1.29, 1.82) is 0 Å². The SMILES string of the molecule is Cc1c2c(cc3c1O/C(=C\c1ccc(Cl)cc1Cl)C3=O)CN(Cc1ccccc1)CO2. The molecule has 0 amide bonds. The minimum absolute atomic E-state index is 0.160. The van der Waals surface area contributed by atoms with E-state index in [1.54, 1.807) is 24.3 Å². The molecule has 0 atom stereocenters. The summed E-state index contributed by atoms with van der Waals surface area (Å²) in [4.78, 5) is 15.3. The molecule has 4 nitrogen and oxygen atoms in total. The van der Waals surface area contributed by atoms with Crippen LogP contribution in [0.4, 0.5) is 0 Å². The lowest BCUT2D eigenvalue weighted by molar-refractivity contribution is 0.0876. The van der Waals surface area contributed by atoms with Crippen LogP contribution in [-0.2, 0) is 13.1 Å². The summed E-state index contributed by atoms with van der Waals surface area (Å²) < 4.78 is 12.0. The molecule has 156 valence electrons. The molecule has 0 bridgehead atoms. The molecule has 0 saturated carbocycles. The topological polar surface area (TPSA) is 38.8 Å². The molecule has 2 aliphatic rings. The standard InChI is InChI=1S/C25H19Cl2NO3/c1-15-24-18(13-28(14-30-24)12-16-5-3-2-4-6-16)9-20-23(29)22(31-25(15)20)10-17-7-8-19(26)11-21(17)27/h2-11H,12-14H2,1H3/b22-10-. The summed E-state index contributed by atoms with van der Waals surface area (Å²) in [5.41, 5.74) is 4.27. The highest BCUT2D eigenvalue weighted by Gasteiger charge is 2.33. The third-order valence-corrected chi connectivity index (χ3v) is 6.06. The van der Waals surface area contributed by atoms with Crippen molar-refractivity contribution in [1.82, 2.24) is 4.90 Å². The molecule has 0 aliphatic carbocycles. The molecule has 0 fully saturated rings. The number of ketones is 1. The molecule has 0 aromatic heterocycles. The smallest absolute Gasteiger partial charge is 0.231 e. The highest BCUT2D eigenvalue weighted by molar-refractivity contribution is 6.35. The van der Waals surface area contributed by atoms with Crippen LogP contribution < -0.4 is 9.47 Å². The van der Waals surface area contributed by atoms with E-state index in [1.807, 2.05) is 31.2 Å². The quantitative estimate of drug-likeness (QED) is 0.439. The van der Waals surface area contributed by atoms with E-state index in [0.717, 1.165) is 23.4 Å². The van der Waals surface area contributed by atoms with Crippen molar-refractivity contribution >= 4 is 35.1 Å². The zero-order valence-corrected chi connectivity index (χ0v) is 18.3. The number of halogens is 2. The molecular weight excluding hydrogens is 433 g/mol. The molecule has 5 rings (SSSR count). The Kier molecular flexibility index (Phi) is 5.22. The predicted molar refractivity (Wildman–Crippen MR) is 122 cm³/mol. The lowest BCUT2D eigenvalue weighted by Crippen LogP contribution is -2.32. The van der Waals surface area contributed by atoms with Gasteiger partial charge in [0.1, 0.15) is 18.2 Å². The Balaban J connectivity index is 1.44. The van der Waals surface area contributed by atoms with Crippen molar-refractivity contribution in [2.24, 2.45) is 0 Å². The molecule has 31 heavy (non-hydrogen) atoms.